The van der Waals surface area contributed by atoms with Crippen LogP contribution in [0.5, 0.6) is 11.5 Å². The van der Waals surface area contributed by atoms with Gasteiger partial charge in [-0.3, -0.25) is 0 Å². The van der Waals surface area contributed by atoms with E-state index in [4.69, 9.17) is 14.6 Å². The number of hydrogen-bond donors (Lipinski definition) is 1. The number of para-hydroxylation sites is 1. The third-order valence-corrected chi connectivity index (χ3v) is 3.53. The van der Waals surface area contributed by atoms with E-state index in [1.54, 1.807) is 25.3 Å². The zero-order valence-electron chi connectivity index (χ0n) is 10.8. The van der Waals surface area contributed by atoms with Gasteiger partial charge in [0.15, 0.2) is 0 Å². The number of rotatable bonds is 5. The van der Waals surface area contributed by atoms with Gasteiger partial charge < -0.3 is 14.6 Å². The van der Waals surface area contributed by atoms with Crippen molar-refractivity contribution >= 4 is 21.9 Å². The number of methoxy groups -OCH3 is 1. The van der Waals surface area contributed by atoms with Crippen molar-refractivity contribution in [1.82, 2.24) is 0 Å². The molecule has 1 N–H and O–H groups in total. The molecule has 2 aromatic rings. The Morgan fingerprint density at radius 1 is 1.25 bits per heavy atom. The summed E-state index contributed by atoms with van der Waals surface area (Å²) in [6.07, 6.45) is 0. The highest BCUT2D eigenvalue weighted by Gasteiger charge is 2.11. The third-order valence-electron chi connectivity index (χ3n) is 2.75. The Bertz CT molecular complexity index is 625. The fourth-order valence-electron chi connectivity index (χ4n) is 1.71. The Morgan fingerprint density at radius 2 is 2.00 bits per heavy atom. The zero-order chi connectivity index (χ0) is 14.5. The van der Waals surface area contributed by atoms with E-state index < -0.39 is 5.97 Å². The van der Waals surface area contributed by atoms with Crippen molar-refractivity contribution in [2.24, 2.45) is 0 Å². The van der Waals surface area contributed by atoms with E-state index >= 15 is 0 Å². The number of hydrogen-bond acceptors (Lipinski definition) is 3. The topological polar surface area (TPSA) is 55.8 Å². The summed E-state index contributed by atoms with van der Waals surface area (Å²) >= 11 is 3.43. The fourth-order valence-corrected chi connectivity index (χ4v) is 2.07. The van der Waals surface area contributed by atoms with Gasteiger partial charge in [0.1, 0.15) is 23.7 Å². The molecule has 0 aliphatic carbocycles. The van der Waals surface area contributed by atoms with Crippen LogP contribution in [0.4, 0.5) is 0 Å². The molecule has 2 rings (SSSR count). The molecule has 0 aliphatic rings. The monoisotopic (exact) mass is 336 g/mol. The van der Waals surface area contributed by atoms with Crippen molar-refractivity contribution in [2.45, 2.75) is 6.61 Å². The lowest BCUT2D eigenvalue weighted by molar-refractivity contribution is 0.0691. The average molecular weight is 337 g/mol. The zero-order valence-corrected chi connectivity index (χ0v) is 12.4. The lowest BCUT2D eigenvalue weighted by Crippen LogP contribution is -2.03. The summed E-state index contributed by atoms with van der Waals surface area (Å²) < 4.78 is 11.6. The lowest BCUT2D eigenvalue weighted by atomic mass is 10.2. The SMILES string of the molecule is COc1ccc(Br)c(COc2ccccc2C(=O)O)c1. The predicted molar refractivity (Wildman–Crippen MR) is 78.4 cm³/mol. The molecular weight excluding hydrogens is 324 g/mol. The van der Waals surface area contributed by atoms with Crippen molar-refractivity contribution in [3.05, 3.63) is 58.1 Å². The average Bonchev–Trinajstić information content (AvgIpc) is 2.46. The Morgan fingerprint density at radius 3 is 2.70 bits per heavy atom. The molecule has 0 fully saturated rings. The minimum atomic E-state index is -1.01. The van der Waals surface area contributed by atoms with E-state index in [-0.39, 0.29) is 12.2 Å². The van der Waals surface area contributed by atoms with Crippen LogP contribution in [-0.2, 0) is 6.61 Å². The van der Waals surface area contributed by atoms with E-state index in [0.717, 1.165) is 15.8 Å². The quantitative estimate of drug-likeness (QED) is 0.903. The van der Waals surface area contributed by atoms with Gasteiger partial charge in [-0.25, -0.2) is 4.79 Å². The summed E-state index contributed by atoms with van der Waals surface area (Å²) in [7, 11) is 1.59. The third kappa shape index (κ3) is 3.30. The first-order chi connectivity index (χ1) is 9.61. The normalized spacial score (nSPS) is 10.1. The maximum atomic E-state index is 11.1. The molecule has 0 spiro atoms. The largest absolute Gasteiger partial charge is 0.497 e. The molecule has 0 aromatic heterocycles. The molecule has 104 valence electrons. The van der Waals surface area contributed by atoms with Gasteiger partial charge in [0.2, 0.25) is 0 Å². The molecule has 0 saturated carbocycles. The fraction of sp³-hybridized carbons (Fsp3) is 0.133. The highest BCUT2D eigenvalue weighted by Crippen LogP contribution is 2.25. The second-order valence-corrected chi connectivity index (χ2v) is 4.90. The van der Waals surface area contributed by atoms with Crippen LogP contribution >= 0.6 is 15.9 Å². The van der Waals surface area contributed by atoms with Gasteiger partial charge in [-0.1, -0.05) is 28.1 Å². The Balaban J connectivity index is 2.19. The van der Waals surface area contributed by atoms with Crippen molar-refractivity contribution in [3.8, 4) is 11.5 Å². The van der Waals surface area contributed by atoms with Gasteiger partial charge in [-0.05, 0) is 30.3 Å². The number of benzene rings is 2. The molecule has 4 nitrogen and oxygen atoms in total. The first-order valence-electron chi connectivity index (χ1n) is 5.89. The molecule has 0 saturated heterocycles. The number of carboxylic acids is 1. The Kier molecular flexibility index (Phi) is 4.63. The second kappa shape index (κ2) is 6.43. The molecule has 0 aliphatic heterocycles. The van der Waals surface area contributed by atoms with Crippen LogP contribution in [0.2, 0.25) is 0 Å². The van der Waals surface area contributed by atoms with E-state index in [9.17, 15) is 4.79 Å². The van der Waals surface area contributed by atoms with Gasteiger partial charge in [0, 0.05) is 10.0 Å². The molecule has 0 heterocycles. The lowest BCUT2D eigenvalue weighted by Gasteiger charge is -2.11. The van der Waals surface area contributed by atoms with Crippen LogP contribution in [0.25, 0.3) is 0 Å². The first kappa shape index (κ1) is 14.4. The molecule has 5 heteroatoms. The van der Waals surface area contributed by atoms with Gasteiger partial charge in [0.05, 0.1) is 7.11 Å². The molecule has 0 bridgehead atoms. The maximum absolute atomic E-state index is 11.1. The molecule has 2 aromatic carbocycles. The first-order valence-corrected chi connectivity index (χ1v) is 6.68. The van der Waals surface area contributed by atoms with Gasteiger partial charge in [0.25, 0.3) is 0 Å². The van der Waals surface area contributed by atoms with Gasteiger partial charge in [-0.2, -0.15) is 0 Å². The highest BCUT2D eigenvalue weighted by atomic mass is 79.9. The molecular formula is C15H13BrO4. The van der Waals surface area contributed by atoms with E-state index in [1.807, 2.05) is 18.2 Å². The van der Waals surface area contributed by atoms with Crippen LogP contribution in [0.15, 0.2) is 46.9 Å². The number of aromatic carboxylic acids is 1. The van der Waals surface area contributed by atoms with E-state index in [0.29, 0.717) is 5.75 Å². The highest BCUT2D eigenvalue weighted by molar-refractivity contribution is 9.10. The van der Waals surface area contributed by atoms with Gasteiger partial charge >= 0.3 is 5.97 Å². The van der Waals surface area contributed by atoms with Crippen molar-refractivity contribution < 1.29 is 19.4 Å². The van der Waals surface area contributed by atoms with Crippen LogP contribution in [-0.4, -0.2) is 18.2 Å². The summed E-state index contributed by atoms with van der Waals surface area (Å²) in [5, 5.41) is 9.09. The summed E-state index contributed by atoms with van der Waals surface area (Å²) in [5.41, 5.74) is 1.02. The summed E-state index contributed by atoms with van der Waals surface area (Å²) in [4.78, 5) is 11.1. The van der Waals surface area contributed by atoms with Crippen LogP contribution in [0, 0.1) is 0 Å². The van der Waals surface area contributed by atoms with E-state index in [2.05, 4.69) is 15.9 Å². The molecule has 0 amide bonds. The Hall–Kier alpha value is -2.01. The summed E-state index contributed by atoms with van der Waals surface area (Å²) in [6.45, 7) is 0.252. The number of halogens is 1. The van der Waals surface area contributed by atoms with Crippen molar-refractivity contribution in [1.29, 1.82) is 0 Å². The molecule has 0 unspecified atom stereocenters. The summed E-state index contributed by atoms with van der Waals surface area (Å²) in [5.74, 6) is 0.0540. The number of ether oxygens (including phenoxy) is 2. The van der Waals surface area contributed by atoms with Gasteiger partial charge in [-0.15, -0.1) is 0 Å². The molecule has 20 heavy (non-hydrogen) atoms. The van der Waals surface area contributed by atoms with E-state index in [1.165, 1.54) is 6.07 Å². The van der Waals surface area contributed by atoms with Crippen LogP contribution in [0.3, 0.4) is 0 Å². The number of carbonyl (C=O) groups is 1. The summed E-state index contributed by atoms with van der Waals surface area (Å²) in [6, 6.07) is 12.1. The van der Waals surface area contributed by atoms with Crippen LogP contribution in [0.1, 0.15) is 15.9 Å². The minimum absolute atomic E-state index is 0.145. The molecule has 0 radical (unpaired) electrons. The van der Waals surface area contributed by atoms with Crippen LogP contribution < -0.4 is 9.47 Å². The predicted octanol–water partition coefficient (Wildman–Crippen LogP) is 3.73. The smallest absolute Gasteiger partial charge is 0.339 e. The second-order valence-electron chi connectivity index (χ2n) is 4.05. The molecule has 0 atom stereocenters. The minimum Gasteiger partial charge on any atom is -0.497 e. The van der Waals surface area contributed by atoms with Crippen molar-refractivity contribution in [2.75, 3.05) is 7.11 Å². The Labute approximate surface area is 125 Å². The number of carboxylic acid groups (broad SMARTS) is 1. The van der Waals surface area contributed by atoms with Crippen molar-refractivity contribution in [3.63, 3.8) is 0 Å². The maximum Gasteiger partial charge on any atom is 0.339 e. The standard InChI is InChI=1S/C15H13BrO4/c1-19-11-6-7-13(16)10(8-11)9-20-14-5-3-2-4-12(14)15(17)18/h2-8H,9H2,1H3,(H,17,18).